The summed E-state index contributed by atoms with van der Waals surface area (Å²) in [6.45, 7) is 2.20. The molecule has 2 rings (SSSR count). The Labute approximate surface area is 152 Å². The number of rotatable bonds is 8. The Balaban J connectivity index is 1.83. The molecule has 134 valence electrons. The number of carbonyl (C=O) groups is 1. The van der Waals surface area contributed by atoms with Crippen molar-refractivity contribution in [2.45, 2.75) is 19.4 Å². The van der Waals surface area contributed by atoms with Gasteiger partial charge in [-0.1, -0.05) is 23.7 Å². The van der Waals surface area contributed by atoms with Gasteiger partial charge in [-0.2, -0.15) is 0 Å². The van der Waals surface area contributed by atoms with Crippen LogP contribution >= 0.6 is 11.6 Å². The van der Waals surface area contributed by atoms with Gasteiger partial charge in [0.25, 0.3) is 5.91 Å². The van der Waals surface area contributed by atoms with Gasteiger partial charge in [-0.25, -0.2) is 0 Å². The third kappa shape index (κ3) is 5.57. The van der Waals surface area contributed by atoms with Gasteiger partial charge in [-0.15, -0.1) is 0 Å². The van der Waals surface area contributed by atoms with Gasteiger partial charge in [0.05, 0.1) is 14.2 Å². The summed E-state index contributed by atoms with van der Waals surface area (Å²) in [6, 6.07) is 12.7. The number of nitrogens with one attached hydrogen (secondary N) is 1. The van der Waals surface area contributed by atoms with Gasteiger partial charge in [-0.05, 0) is 49.2 Å². The third-order valence-corrected chi connectivity index (χ3v) is 3.87. The highest BCUT2D eigenvalue weighted by molar-refractivity contribution is 6.30. The lowest BCUT2D eigenvalue weighted by Crippen LogP contribution is -2.37. The second kappa shape index (κ2) is 9.18. The van der Waals surface area contributed by atoms with Crippen molar-refractivity contribution in [2.24, 2.45) is 0 Å². The molecule has 0 aliphatic heterocycles. The Morgan fingerprint density at radius 3 is 2.56 bits per heavy atom. The molecular formula is C19H22ClNO4. The van der Waals surface area contributed by atoms with E-state index in [4.69, 9.17) is 25.8 Å². The number of methoxy groups -OCH3 is 2. The molecule has 0 fully saturated rings. The van der Waals surface area contributed by atoms with Crippen LogP contribution in [0, 0.1) is 0 Å². The van der Waals surface area contributed by atoms with Crippen molar-refractivity contribution in [1.29, 1.82) is 0 Å². The summed E-state index contributed by atoms with van der Waals surface area (Å²) in [6.07, 6.45) is 0.0690. The van der Waals surface area contributed by atoms with Crippen molar-refractivity contribution in [2.75, 3.05) is 20.8 Å². The van der Waals surface area contributed by atoms with E-state index in [-0.39, 0.29) is 5.91 Å². The number of hydrogen-bond acceptors (Lipinski definition) is 4. The first-order chi connectivity index (χ1) is 12.0. The number of carbonyl (C=O) groups excluding carboxylic acids is 1. The zero-order valence-electron chi connectivity index (χ0n) is 14.5. The van der Waals surface area contributed by atoms with E-state index in [0.717, 1.165) is 5.56 Å². The fourth-order valence-corrected chi connectivity index (χ4v) is 2.49. The maximum Gasteiger partial charge on any atom is 0.260 e. The molecule has 2 aromatic rings. The standard InChI is InChI=1S/C19H22ClNO4/c1-13(25-16-6-4-5-15(20)12-16)19(22)21-10-9-14-7-8-17(23-2)18(11-14)24-3/h4-8,11-13H,9-10H2,1-3H3,(H,21,22)/t13-/m1/s1. The number of amides is 1. The smallest absolute Gasteiger partial charge is 0.260 e. The Hall–Kier alpha value is -2.40. The molecule has 0 aliphatic carbocycles. The molecule has 0 spiro atoms. The van der Waals surface area contributed by atoms with Gasteiger partial charge in [0, 0.05) is 11.6 Å². The molecule has 0 aromatic heterocycles. The molecule has 0 aliphatic rings. The third-order valence-electron chi connectivity index (χ3n) is 3.64. The number of benzene rings is 2. The van der Waals surface area contributed by atoms with Gasteiger partial charge in [0.1, 0.15) is 5.75 Å². The summed E-state index contributed by atoms with van der Waals surface area (Å²) in [5.74, 6) is 1.73. The zero-order chi connectivity index (χ0) is 18.2. The van der Waals surface area contributed by atoms with Crippen LogP contribution in [-0.2, 0) is 11.2 Å². The molecule has 0 saturated carbocycles. The first kappa shape index (κ1) is 18.9. The van der Waals surface area contributed by atoms with Gasteiger partial charge < -0.3 is 19.5 Å². The van der Waals surface area contributed by atoms with Crippen molar-refractivity contribution < 1.29 is 19.0 Å². The first-order valence-corrected chi connectivity index (χ1v) is 8.32. The minimum Gasteiger partial charge on any atom is -0.493 e. The Morgan fingerprint density at radius 1 is 1.12 bits per heavy atom. The van der Waals surface area contributed by atoms with E-state index in [1.807, 2.05) is 18.2 Å². The molecule has 1 amide bonds. The van der Waals surface area contributed by atoms with Crippen molar-refractivity contribution >= 4 is 17.5 Å². The summed E-state index contributed by atoms with van der Waals surface area (Å²) in [4.78, 5) is 12.1. The molecular weight excluding hydrogens is 342 g/mol. The van der Waals surface area contributed by atoms with Gasteiger partial charge in [-0.3, -0.25) is 4.79 Å². The lowest BCUT2D eigenvalue weighted by molar-refractivity contribution is -0.127. The van der Waals surface area contributed by atoms with E-state index in [9.17, 15) is 4.79 Å². The van der Waals surface area contributed by atoms with Crippen LogP contribution < -0.4 is 19.5 Å². The Bertz CT molecular complexity index is 720. The first-order valence-electron chi connectivity index (χ1n) is 7.94. The second-order valence-electron chi connectivity index (χ2n) is 5.45. The monoisotopic (exact) mass is 363 g/mol. The molecule has 2 aromatic carbocycles. The summed E-state index contributed by atoms with van der Waals surface area (Å²) in [5, 5.41) is 3.43. The van der Waals surface area contributed by atoms with E-state index in [2.05, 4.69) is 5.32 Å². The summed E-state index contributed by atoms with van der Waals surface area (Å²) < 4.78 is 16.1. The maximum absolute atomic E-state index is 12.1. The van der Waals surface area contributed by atoms with Crippen LogP contribution in [0.15, 0.2) is 42.5 Å². The highest BCUT2D eigenvalue weighted by atomic mass is 35.5. The predicted octanol–water partition coefficient (Wildman–Crippen LogP) is 3.48. The Morgan fingerprint density at radius 2 is 1.88 bits per heavy atom. The molecule has 0 bridgehead atoms. The highest BCUT2D eigenvalue weighted by Gasteiger charge is 2.14. The zero-order valence-corrected chi connectivity index (χ0v) is 15.3. The number of ether oxygens (including phenoxy) is 3. The van der Waals surface area contributed by atoms with Crippen molar-refractivity contribution in [3.63, 3.8) is 0 Å². The molecule has 0 unspecified atom stereocenters. The maximum atomic E-state index is 12.1. The summed E-state index contributed by atoms with van der Waals surface area (Å²) in [7, 11) is 3.19. The normalized spacial score (nSPS) is 11.5. The second-order valence-corrected chi connectivity index (χ2v) is 5.88. The largest absolute Gasteiger partial charge is 0.493 e. The van der Waals surface area contributed by atoms with Crippen LogP contribution in [0.4, 0.5) is 0 Å². The van der Waals surface area contributed by atoms with Crippen LogP contribution in [0.2, 0.25) is 5.02 Å². The minimum atomic E-state index is -0.608. The minimum absolute atomic E-state index is 0.180. The summed E-state index contributed by atoms with van der Waals surface area (Å²) >= 11 is 5.91. The van der Waals surface area contributed by atoms with Crippen LogP contribution in [0.3, 0.4) is 0 Å². The topological polar surface area (TPSA) is 56.8 Å². The van der Waals surface area contributed by atoms with Crippen molar-refractivity contribution in [3.05, 3.63) is 53.1 Å². The molecule has 25 heavy (non-hydrogen) atoms. The van der Waals surface area contributed by atoms with E-state index in [1.54, 1.807) is 45.4 Å². The average Bonchev–Trinajstić information content (AvgIpc) is 2.61. The lowest BCUT2D eigenvalue weighted by atomic mass is 10.1. The van der Waals surface area contributed by atoms with Crippen LogP contribution in [-0.4, -0.2) is 32.8 Å². The molecule has 5 nitrogen and oxygen atoms in total. The number of halogens is 1. The van der Waals surface area contributed by atoms with Crippen LogP contribution in [0.1, 0.15) is 12.5 Å². The van der Waals surface area contributed by atoms with E-state index in [1.165, 1.54) is 0 Å². The molecule has 6 heteroatoms. The molecule has 0 radical (unpaired) electrons. The summed E-state index contributed by atoms with van der Waals surface area (Å²) in [5.41, 5.74) is 1.04. The van der Waals surface area contributed by atoms with Crippen LogP contribution in [0.5, 0.6) is 17.2 Å². The molecule has 1 N–H and O–H groups in total. The molecule has 0 saturated heterocycles. The molecule has 0 heterocycles. The van der Waals surface area contributed by atoms with Crippen LogP contribution in [0.25, 0.3) is 0 Å². The fourth-order valence-electron chi connectivity index (χ4n) is 2.31. The number of hydrogen-bond donors (Lipinski definition) is 1. The van der Waals surface area contributed by atoms with E-state index >= 15 is 0 Å². The van der Waals surface area contributed by atoms with Crippen molar-refractivity contribution in [3.8, 4) is 17.2 Å². The van der Waals surface area contributed by atoms with Crippen molar-refractivity contribution in [1.82, 2.24) is 5.32 Å². The average molecular weight is 364 g/mol. The lowest BCUT2D eigenvalue weighted by Gasteiger charge is -2.15. The fraction of sp³-hybridized carbons (Fsp3) is 0.316. The predicted molar refractivity (Wildman–Crippen MR) is 97.8 cm³/mol. The Kier molecular flexibility index (Phi) is 6.95. The SMILES string of the molecule is COc1ccc(CCNC(=O)[C@@H](C)Oc2cccc(Cl)c2)cc1OC. The highest BCUT2D eigenvalue weighted by Crippen LogP contribution is 2.27. The van der Waals surface area contributed by atoms with Gasteiger partial charge in [0.2, 0.25) is 0 Å². The molecule has 1 atom stereocenters. The van der Waals surface area contributed by atoms with Gasteiger partial charge in [0.15, 0.2) is 17.6 Å². The quantitative estimate of drug-likeness (QED) is 0.780. The van der Waals surface area contributed by atoms with E-state index in [0.29, 0.717) is 35.2 Å². The van der Waals surface area contributed by atoms with E-state index < -0.39 is 6.10 Å². The van der Waals surface area contributed by atoms with Gasteiger partial charge >= 0.3 is 0 Å².